The number of fused-ring (bicyclic) bond motifs is 2. The highest BCUT2D eigenvalue weighted by Gasteiger charge is 2.51. The molecule has 2 aromatic rings. The van der Waals surface area contributed by atoms with Crippen LogP contribution in [-0.2, 0) is 35.8 Å². The molecule has 2 aromatic carbocycles. The maximum atomic E-state index is 14.1. The third-order valence-corrected chi connectivity index (χ3v) is 9.65. The van der Waals surface area contributed by atoms with Crippen molar-refractivity contribution in [1.82, 2.24) is 9.80 Å². The molecule has 5 rings (SSSR count). The van der Waals surface area contributed by atoms with Gasteiger partial charge in [-0.2, -0.15) is 0 Å². The number of carbonyl (C=O) groups is 5. The number of hydrogen-bond donors (Lipinski definition) is 5. The molecule has 260 valence electrons. The number of aromatic hydroxyl groups is 1. The standard InChI is InChI=1S/C27H31ClFN3O3.C6H8O7/c1-30-24-7-4-20(29)16-22(24)27(26(30)35)8-12-31(13-9-27)17-19(25(34)32-10-2-3-11-32)14-18-15-21(33)5-6-23(18)28;7-3(8)1-6(13,5(11)12)2-4(9)10/h4-7,15-16,19,33H,2-3,8-14,17H2,1H3;13H,1-2H2,(H,7,8)(H,9,10)(H,11,12). The van der Waals surface area contributed by atoms with Crippen molar-refractivity contribution in [1.29, 1.82) is 0 Å². The Hall–Kier alpha value is -4.27. The monoisotopic (exact) mass is 691 g/mol. The lowest BCUT2D eigenvalue weighted by Crippen LogP contribution is -2.50. The normalized spacial score (nSPS) is 17.9. The zero-order chi connectivity index (χ0) is 35.4. The van der Waals surface area contributed by atoms with Crippen LogP contribution in [0.15, 0.2) is 36.4 Å². The smallest absolute Gasteiger partial charge is 0.336 e. The number of hydrogen-bond acceptors (Lipinski definition) is 8. The molecule has 13 nitrogen and oxygen atoms in total. The molecule has 0 saturated carbocycles. The Morgan fingerprint density at radius 2 is 1.56 bits per heavy atom. The summed E-state index contributed by atoms with van der Waals surface area (Å²) in [5.74, 6) is -5.37. The molecule has 1 spiro atoms. The van der Waals surface area contributed by atoms with Gasteiger partial charge >= 0.3 is 17.9 Å². The minimum Gasteiger partial charge on any atom is -0.508 e. The van der Waals surface area contributed by atoms with Crippen molar-refractivity contribution in [2.24, 2.45) is 5.92 Å². The number of carboxylic acids is 3. The van der Waals surface area contributed by atoms with Crippen LogP contribution in [0.2, 0.25) is 5.02 Å². The molecule has 3 aliphatic heterocycles. The highest BCUT2D eigenvalue weighted by molar-refractivity contribution is 6.31. The minimum absolute atomic E-state index is 0.0222. The van der Waals surface area contributed by atoms with Crippen molar-refractivity contribution in [3.8, 4) is 5.75 Å². The van der Waals surface area contributed by atoms with E-state index in [1.54, 1.807) is 36.2 Å². The summed E-state index contributed by atoms with van der Waals surface area (Å²) in [4.78, 5) is 63.0. The fraction of sp³-hybridized carbons (Fsp3) is 0.485. The second-order valence-corrected chi connectivity index (χ2v) is 13.0. The van der Waals surface area contributed by atoms with E-state index in [1.807, 2.05) is 4.90 Å². The van der Waals surface area contributed by atoms with Gasteiger partial charge in [-0.25, -0.2) is 9.18 Å². The molecule has 2 fully saturated rings. The molecule has 2 saturated heterocycles. The lowest BCUT2D eigenvalue weighted by molar-refractivity contribution is -0.170. The summed E-state index contributed by atoms with van der Waals surface area (Å²) < 4.78 is 14.1. The number of benzene rings is 2. The highest BCUT2D eigenvalue weighted by Crippen LogP contribution is 2.47. The van der Waals surface area contributed by atoms with E-state index in [0.29, 0.717) is 43.9 Å². The molecule has 0 bridgehead atoms. The number of likely N-dealkylation sites (tertiary alicyclic amines) is 2. The van der Waals surface area contributed by atoms with Crippen molar-refractivity contribution in [3.05, 3.63) is 58.4 Å². The zero-order valence-electron chi connectivity index (χ0n) is 26.4. The molecular weight excluding hydrogens is 653 g/mol. The van der Waals surface area contributed by atoms with E-state index >= 15 is 0 Å². The predicted octanol–water partition coefficient (Wildman–Crippen LogP) is 2.73. The van der Waals surface area contributed by atoms with Crippen LogP contribution >= 0.6 is 11.6 Å². The first kappa shape index (κ1) is 36.6. The molecule has 15 heteroatoms. The Morgan fingerprint density at radius 3 is 2.12 bits per heavy atom. The first-order valence-corrected chi connectivity index (χ1v) is 15.9. The zero-order valence-corrected chi connectivity index (χ0v) is 27.2. The van der Waals surface area contributed by atoms with Crippen LogP contribution in [0.1, 0.15) is 49.7 Å². The number of anilines is 1. The molecule has 1 unspecified atom stereocenters. The first-order valence-electron chi connectivity index (χ1n) is 15.5. The number of halogens is 2. The van der Waals surface area contributed by atoms with E-state index in [2.05, 4.69) is 4.90 Å². The van der Waals surface area contributed by atoms with Gasteiger partial charge in [0.25, 0.3) is 0 Å². The minimum atomic E-state index is -2.74. The van der Waals surface area contributed by atoms with E-state index < -0.39 is 41.8 Å². The average Bonchev–Trinajstić information content (AvgIpc) is 3.62. The summed E-state index contributed by atoms with van der Waals surface area (Å²) in [6.45, 7) is 3.39. The lowest BCUT2D eigenvalue weighted by atomic mass is 9.73. The molecule has 3 aliphatic rings. The fourth-order valence-electron chi connectivity index (χ4n) is 6.76. The molecule has 5 N–H and O–H groups in total. The number of phenolic OH excluding ortho intramolecular Hbond substituents is 1. The largest absolute Gasteiger partial charge is 0.508 e. The third kappa shape index (κ3) is 8.05. The van der Waals surface area contributed by atoms with Crippen molar-refractivity contribution < 1.29 is 53.9 Å². The van der Waals surface area contributed by atoms with Crippen LogP contribution in [0.25, 0.3) is 0 Å². The maximum absolute atomic E-state index is 14.1. The average molecular weight is 692 g/mol. The van der Waals surface area contributed by atoms with Gasteiger partial charge in [-0.3, -0.25) is 19.2 Å². The molecule has 2 amide bonds. The van der Waals surface area contributed by atoms with Gasteiger partial charge in [0.1, 0.15) is 11.6 Å². The Kier molecular flexibility index (Phi) is 11.3. The third-order valence-electron chi connectivity index (χ3n) is 9.29. The number of phenols is 1. The van der Waals surface area contributed by atoms with Crippen molar-refractivity contribution >= 4 is 47.0 Å². The van der Waals surface area contributed by atoms with Gasteiger partial charge in [-0.05, 0) is 92.7 Å². The second-order valence-electron chi connectivity index (χ2n) is 12.6. The number of nitrogens with zero attached hydrogens (tertiary/aromatic N) is 3. The fourth-order valence-corrected chi connectivity index (χ4v) is 6.96. The highest BCUT2D eigenvalue weighted by atomic mass is 35.5. The molecular formula is C33H39ClFN3O10. The van der Waals surface area contributed by atoms with E-state index in [-0.39, 0.29) is 29.3 Å². The summed E-state index contributed by atoms with van der Waals surface area (Å²) >= 11 is 6.40. The topological polar surface area (TPSA) is 196 Å². The Morgan fingerprint density at radius 1 is 0.958 bits per heavy atom. The van der Waals surface area contributed by atoms with Crippen molar-refractivity contribution in [2.75, 3.05) is 44.7 Å². The Balaban J connectivity index is 0.000000341. The Labute approximate surface area is 281 Å². The molecule has 0 aliphatic carbocycles. The van der Waals surface area contributed by atoms with E-state index in [1.165, 1.54) is 12.1 Å². The van der Waals surface area contributed by atoms with Gasteiger partial charge in [-0.1, -0.05) is 11.6 Å². The number of carboxylic acid groups (broad SMARTS) is 3. The lowest BCUT2D eigenvalue weighted by Gasteiger charge is -2.39. The SMILES string of the molecule is CN1C(=O)C2(CCN(CC(Cc3cc(O)ccc3Cl)C(=O)N3CCCC3)CC2)c2cc(F)ccc21.O=C(O)CC(O)(CC(=O)O)C(=O)O. The number of amides is 2. The summed E-state index contributed by atoms with van der Waals surface area (Å²) in [5, 5.41) is 44.3. The van der Waals surface area contributed by atoms with Crippen LogP contribution in [0.4, 0.5) is 10.1 Å². The quantitative estimate of drug-likeness (QED) is 0.246. The van der Waals surface area contributed by atoms with Crippen LogP contribution in [-0.4, -0.2) is 110 Å². The Bertz CT molecular complexity index is 1560. The number of carbonyl (C=O) groups excluding carboxylic acids is 2. The number of piperidine rings is 1. The maximum Gasteiger partial charge on any atom is 0.336 e. The molecule has 0 aromatic heterocycles. The van der Waals surface area contributed by atoms with Gasteiger partial charge in [0.05, 0.1) is 24.2 Å². The molecule has 1 atom stereocenters. The van der Waals surface area contributed by atoms with Crippen LogP contribution in [0.3, 0.4) is 0 Å². The second kappa shape index (κ2) is 14.9. The summed E-state index contributed by atoms with van der Waals surface area (Å²) in [7, 11) is 1.75. The molecule has 3 heterocycles. The van der Waals surface area contributed by atoms with Crippen molar-refractivity contribution in [3.63, 3.8) is 0 Å². The van der Waals surface area contributed by atoms with Gasteiger partial charge in [0, 0.05) is 37.4 Å². The van der Waals surface area contributed by atoms with Crippen LogP contribution < -0.4 is 4.90 Å². The molecule has 0 radical (unpaired) electrons. The van der Waals surface area contributed by atoms with Crippen LogP contribution in [0.5, 0.6) is 5.75 Å². The van der Waals surface area contributed by atoms with Gasteiger partial charge in [0.15, 0.2) is 5.60 Å². The van der Waals surface area contributed by atoms with E-state index in [9.17, 15) is 33.5 Å². The summed E-state index contributed by atoms with van der Waals surface area (Å²) in [5.41, 5.74) is -1.12. The van der Waals surface area contributed by atoms with Crippen molar-refractivity contribution in [2.45, 2.75) is 56.0 Å². The number of aliphatic hydroxyl groups is 1. The van der Waals surface area contributed by atoms with E-state index in [0.717, 1.165) is 42.7 Å². The first-order chi connectivity index (χ1) is 22.6. The number of likely N-dealkylation sites (N-methyl/N-ethyl adjacent to an activating group) is 1. The summed E-state index contributed by atoms with van der Waals surface area (Å²) in [6.07, 6.45) is 1.36. The molecule has 48 heavy (non-hydrogen) atoms. The number of aliphatic carboxylic acids is 3. The number of rotatable bonds is 10. The van der Waals surface area contributed by atoms with Gasteiger partial charge in [-0.15, -0.1) is 0 Å². The van der Waals surface area contributed by atoms with Crippen LogP contribution in [0, 0.1) is 11.7 Å². The van der Waals surface area contributed by atoms with E-state index in [4.69, 9.17) is 32.0 Å². The van der Waals surface area contributed by atoms with Gasteiger partial charge < -0.3 is 40.2 Å². The predicted molar refractivity (Wildman–Crippen MR) is 170 cm³/mol. The summed E-state index contributed by atoms with van der Waals surface area (Å²) in [6, 6.07) is 9.44. The van der Waals surface area contributed by atoms with Gasteiger partial charge in [0.2, 0.25) is 11.8 Å².